The topological polar surface area (TPSA) is 68.9 Å². The van der Waals surface area contributed by atoms with Gasteiger partial charge in [-0.3, -0.25) is 0 Å². The molecule has 5 nitrogen and oxygen atoms in total. The summed E-state index contributed by atoms with van der Waals surface area (Å²) < 4.78 is 10.8. The zero-order valence-electron chi connectivity index (χ0n) is 13.5. The van der Waals surface area contributed by atoms with Crippen LogP contribution in [-0.2, 0) is 0 Å². The van der Waals surface area contributed by atoms with E-state index in [1.165, 1.54) is 0 Å². The summed E-state index contributed by atoms with van der Waals surface area (Å²) in [4.78, 5) is 4.28. The molecule has 0 spiro atoms. The highest BCUT2D eigenvalue weighted by molar-refractivity contribution is 14.0. The van der Waals surface area contributed by atoms with Crippen molar-refractivity contribution < 1.29 is 9.47 Å². The smallest absolute Gasteiger partial charge is 0.193 e. The van der Waals surface area contributed by atoms with Gasteiger partial charge in [0.25, 0.3) is 0 Å². The van der Waals surface area contributed by atoms with Crippen LogP contribution in [0.4, 0.5) is 5.69 Å². The number of benzene rings is 2. The fourth-order valence-corrected chi connectivity index (χ4v) is 2.00. The molecule has 1 unspecified atom stereocenters. The monoisotopic (exact) mass is 461 g/mol. The van der Waals surface area contributed by atoms with Crippen molar-refractivity contribution in [2.24, 2.45) is 10.7 Å². The molecule has 2 aromatic carbocycles. The van der Waals surface area contributed by atoms with Gasteiger partial charge in [0.15, 0.2) is 5.96 Å². The normalized spacial score (nSPS) is 12.0. The van der Waals surface area contributed by atoms with Gasteiger partial charge in [-0.15, -0.1) is 24.0 Å². The summed E-state index contributed by atoms with van der Waals surface area (Å²) in [5, 5.41) is 3.70. The van der Waals surface area contributed by atoms with E-state index >= 15 is 0 Å². The minimum Gasteiger partial charge on any atom is -0.497 e. The van der Waals surface area contributed by atoms with Crippen molar-refractivity contribution in [1.29, 1.82) is 0 Å². The fourth-order valence-electron chi connectivity index (χ4n) is 1.87. The Bertz CT molecular complexity index is 648. The molecule has 3 N–H and O–H groups in total. The number of halogens is 2. The molecule has 0 radical (unpaired) electrons. The first-order chi connectivity index (χ1) is 11.1. The number of anilines is 1. The molecule has 0 amide bonds. The molecule has 0 fully saturated rings. The number of hydrogen-bond acceptors (Lipinski definition) is 3. The maximum absolute atomic E-state index is 5.87. The first-order valence-electron chi connectivity index (χ1n) is 7.20. The van der Waals surface area contributed by atoms with E-state index in [4.69, 9.17) is 26.8 Å². The number of methoxy groups -OCH3 is 1. The lowest BCUT2D eigenvalue weighted by Gasteiger charge is -2.13. The Labute approximate surface area is 164 Å². The highest BCUT2D eigenvalue weighted by atomic mass is 127. The fraction of sp³-hybridized carbons (Fsp3) is 0.235. The minimum absolute atomic E-state index is 0. The first-order valence-corrected chi connectivity index (χ1v) is 7.58. The Kier molecular flexibility index (Phi) is 8.70. The summed E-state index contributed by atoms with van der Waals surface area (Å²) in [6, 6.07) is 14.6. The summed E-state index contributed by atoms with van der Waals surface area (Å²) in [5.41, 5.74) is 6.72. The van der Waals surface area contributed by atoms with Gasteiger partial charge in [-0.05, 0) is 55.5 Å². The van der Waals surface area contributed by atoms with Crippen LogP contribution in [0.2, 0.25) is 5.02 Å². The molecule has 0 bridgehead atoms. The maximum Gasteiger partial charge on any atom is 0.193 e. The first kappa shape index (κ1) is 20.4. The van der Waals surface area contributed by atoms with E-state index in [1.54, 1.807) is 19.2 Å². The molecule has 0 aromatic heterocycles. The zero-order valence-corrected chi connectivity index (χ0v) is 16.6. The molecular weight excluding hydrogens is 441 g/mol. The summed E-state index contributed by atoms with van der Waals surface area (Å²) in [5.74, 6) is 1.87. The van der Waals surface area contributed by atoms with Crippen LogP contribution in [0.3, 0.4) is 0 Å². The van der Waals surface area contributed by atoms with Crippen molar-refractivity contribution in [2.45, 2.75) is 13.0 Å². The molecule has 0 heterocycles. The van der Waals surface area contributed by atoms with E-state index in [1.807, 2.05) is 43.3 Å². The van der Waals surface area contributed by atoms with Crippen molar-refractivity contribution in [3.63, 3.8) is 0 Å². The second-order valence-electron chi connectivity index (χ2n) is 4.96. The van der Waals surface area contributed by atoms with Crippen molar-refractivity contribution in [2.75, 3.05) is 19.0 Å². The van der Waals surface area contributed by atoms with E-state index in [9.17, 15) is 0 Å². The predicted octanol–water partition coefficient (Wildman–Crippen LogP) is 4.16. The van der Waals surface area contributed by atoms with Crippen LogP contribution < -0.4 is 20.5 Å². The molecule has 7 heteroatoms. The summed E-state index contributed by atoms with van der Waals surface area (Å²) in [6.45, 7) is 2.37. The zero-order chi connectivity index (χ0) is 16.7. The van der Waals surface area contributed by atoms with Crippen LogP contribution >= 0.6 is 35.6 Å². The van der Waals surface area contributed by atoms with Gasteiger partial charge in [0, 0.05) is 10.7 Å². The second kappa shape index (κ2) is 10.2. The van der Waals surface area contributed by atoms with Gasteiger partial charge in [0.1, 0.15) is 17.6 Å². The molecule has 0 aliphatic carbocycles. The van der Waals surface area contributed by atoms with Gasteiger partial charge >= 0.3 is 0 Å². The molecule has 0 aliphatic rings. The van der Waals surface area contributed by atoms with Crippen molar-refractivity contribution in [3.8, 4) is 11.5 Å². The second-order valence-corrected chi connectivity index (χ2v) is 5.40. The van der Waals surface area contributed by atoms with Crippen LogP contribution in [-0.4, -0.2) is 25.7 Å². The number of hydrogen-bond donors (Lipinski definition) is 2. The van der Waals surface area contributed by atoms with Crippen molar-refractivity contribution in [1.82, 2.24) is 0 Å². The van der Waals surface area contributed by atoms with Crippen molar-refractivity contribution >= 4 is 47.2 Å². The highest BCUT2D eigenvalue weighted by Gasteiger charge is 2.04. The van der Waals surface area contributed by atoms with Crippen LogP contribution in [0.5, 0.6) is 11.5 Å². The van der Waals surface area contributed by atoms with Gasteiger partial charge in [-0.2, -0.15) is 0 Å². The Morgan fingerprint density at radius 1 is 1.12 bits per heavy atom. The molecule has 2 aromatic rings. The standard InChI is InChI=1S/C17H20ClN3O2.HI/c1-12(23-16-7-3-13(18)4-8-16)11-20-17(19)21-14-5-9-15(22-2)10-6-14;/h3-10,12H,11H2,1-2H3,(H3,19,20,21);1H. The average molecular weight is 462 g/mol. The van der Waals surface area contributed by atoms with Gasteiger partial charge in [-0.25, -0.2) is 4.99 Å². The average Bonchev–Trinajstić information content (AvgIpc) is 2.56. The third-order valence-electron chi connectivity index (χ3n) is 3.03. The number of nitrogens with zero attached hydrogens (tertiary/aromatic N) is 1. The van der Waals surface area contributed by atoms with Crippen LogP contribution in [0.1, 0.15) is 6.92 Å². The third kappa shape index (κ3) is 6.84. The summed E-state index contributed by atoms with van der Waals surface area (Å²) in [7, 11) is 1.63. The molecule has 1 atom stereocenters. The quantitative estimate of drug-likeness (QED) is 0.385. The van der Waals surface area contributed by atoms with E-state index in [0.29, 0.717) is 17.5 Å². The number of ether oxygens (including phenoxy) is 2. The van der Waals surface area contributed by atoms with E-state index < -0.39 is 0 Å². The van der Waals surface area contributed by atoms with Gasteiger partial charge in [0.2, 0.25) is 0 Å². The molecule has 130 valence electrons. The number of rotatable bonds is 6. The predicted molar refractivity (Wildman–Crippen MR) is 110 cm³/mol. The minimum atomic E-state index is -0.104. The summed E-state index contributed by atoms with van der Waals surface area (Å²) >= 11 is 5.84. The lowest BCUT2D eigenvalue weighted by atomic mass is 10.3. The van der Waals surface area contributed by atoms with Gasteiger partial charge in [0.05, 0.1) is 13.7 Å². The Morgan fingerprint density at radius 2 is 1.71 bits per heavy atom. The molecule has 0 aliphatic heterocycles. The Morgan fingerprint density at radius 3 is 2.29 bits per heavy atom. The molecule has 0 saturated heterocycles. The summed E-state index contributed by atoms with van der Waals surface area (Å²) in [6.07, 6.45) is -0.104. The number of nitrogens with two attached hydrogens (primary N) is 1. The van der Waals surface area contributed by atoms with Gasteiger partial charge < -0.3 is 20.5 Å². The highest BCUT2D eigenvalue weighted by Crippen LogP contribution is 2.17. The molecule has 24 heavy (non-hydrogen) atoms. The molecule has 0 saturated carbocycles. The maximum atomic E-state index is 5.87. The number of guanidine groups is 1. The van der Waals surface area contributed by atoms with E-state index in [0.717, 1.165) is 17.2 Å². The molecule has 2 rings (SSSR count). The Balaban J connectivity index is 0.00000288. The molecular formula is C17H21ClIN3O2. The van der Waals surface area contributed by atoms with Gasteiger partial charge in [-0.1, -0.05) is 11.6 Å². The lowest BCUT2D eigenvalue weighted by molar-refractivity contribution is 0.230. The third-order valence-corrected chi connectivity index (χ3v) is 3.28. The number of aliphatic imine (C=N–C) groups is 1. The van der Waals surface area contributed by atoms with E-state index in [2.05, 4.69) is 10.3 Å². The van der Waals surface area contributed by atoms with Crippen LogP contribution in [0.15, 0.2) is 53.5 Å². The largest absolute Gasteiger partial charge is 0.497 e. The Hall–Kier alpha value is -1.67. The van der Waals surface area contributed by atoms with Crippen molar-refractivity contribution in [3.05, 3.63) is 53.6 Å². The number of nitrogens with one attached hydrogen (secondary N) is 1. The SMILES string of the molecule is COc1ccc(NC(N)=NCC(C)Oc2ccc(Cl)cc2)cc1.I. The van der Waals surface area contributed by atoms with Crippen LogP contribution in [0, 0.1) is 0 Å². The lowest BCUT2D eigenvalue weighted by Crippen LogP contribution is -2.25. The van der Waals surface area contributed by atoms with Crippen LogP contribution in [0.25, 0.3) is 0 Å². The van der Waals surface area contributed by atoms with E-state index in [-0.39, 0.29) is 30.1 Å².